The number of rotatable bonds is 2. The Bertz CT molecular complexity index is 162. The van der Waals surface area contributed by atoms with E-state index in [0.29, 0.717) is 5.95 Å². The number of nitrogens with one attached hydrogen (secondary N) is 1. The minimum Gasteiger partial charge on any atom is -0.293 e. The highest BCUT2D eigenvalue weighted by Crippen LogP contribution is 1.95. The van der Waals surface area contributed by atoms with Crippen molar-refractivity contribution in [2.75, 3.05) is 5.43 Å². The van der Waals surface area contributed by atoms with Crippen LogP contribution in [0.5, 0.6) is 0 Å². The number of hydrazine groups is 1. The van der Waals surface area contributed by atoms with E-state index >= 15 is 0 Å². The Hall–Kier alpha value is -1.10. The second-order valence-electron chi connectivity index (χ2n) is 1.54. The van der Waals surface area contributed by atoms with Crippen LogP contribution in [0.25, 0.3) is 0 Å². The summed E-state index contributed by atoms with van der Waals surface area (Å²) in [5.74, 6) is 5.69. The van der Waals surface area contributed by atoms with Crippen molar-refractivity contribution >= 4 is 5.95 Å². The second-order valence-corrected chi connectivity index (χ2v) is 1.54. The molecule has 0 aliphatic carbocycles. The average Bonchev–Trinajstić information content (AvgIpc) is 2.33. The molecule has 0 saturated carbocycles. The lowest BCUT2D eigenvalue weighted by Crippen LogP contribution is -2.13. The first-order chi connectivity index (χ1) is 4.38. The van der Waals surface area contributed by atoms with Crippen molar-refractivity contribution in [1.82, 2.24) is 14.8 Å². The highest BCUT2D eigenvalue weighted by molar-refractivity contribution is 5.19. The van der Waals surface area contributed by atoms with E-state index in [1.807, 2.05) is 6.92 Å². The predicted octanol–water partition coefficient (Wildman–Crippen LogP) is -0.416. The molecule has 1 rings (SSSR count). The first kappa shape index (κ1) is 6.03. The fourth-order valence-electron chi connectivity index (χ4n) is 0.607. The van der Waals surface area contributed by atoms with Gasteiger partial charge in [-0.1, -0.05) is 0 Å². The minimum atomic E-state index is 0.595. The molecule has 3 N–H and O–H groups in total. The molecular weight excluding hydrogens is 118 g/mol. The van der Waals surface area contributed by atoms with Crippen LogP contribution in [0.2, 0.25) is 0 Å². The standard InChI is InChI=1S/C4H9N5/c1-2-9-4(8-5)6-3-7-9/h3H,2,5H2,1H3,(H,6,7,8). The molecule has 0 fully saturated rings. The van der Waals surface area contributed by atoms with E-state index in [0.717, 1.165) is 6.54 Å². The van der Waals surface area contributed by atoms with Gasteiger partial charge in [0.05, 0.1) is 0 Å². The lowest BCUT2D eigenvalue weighted by molar-refractivity contribution is 0.664. The Labute approximate surface area is 52.8 Å². The number of nitrogen functional groups attached to an aromatic ring is 1. The molecule has 5 nitrogen and oxygen atoms in total. The Morgan fingerprint density at radius 3 is 3.11 bits per heavy atom. The lowest BCUT2D eigenvalue weighted by atomic mass is 10.7. The van der Waals surface area contributed by atoms with E-state index in [1.54, 1.807) is 4.68 Å². The Morgan fingerprint density at radius 1 is 1.89 bits per heavy atom. The van der Waals surface area contributed by atoms with Crippen LogP contribution in [-0.4, -0.2) is 14.8 Å². The summed E-state index contributed by atoms with van der Waals surface area (Å²) in [6, 6.07) is 0. The van der Waals surface area contributed by atoms with Gasteiger partial charge in [-0.25, -0.2) is 10.5 Å². The summed E-state index contributed by atoms with van der Waals surface area (Å²) in [6.07, 6.45) is 1.46. The molecule has 0 bridgehead atoms. The second kappa shape index (κ2) is 2.45. The number of aryl methyl sites for hydroxylation is 1. The van der Waals surface area contributed by atoms with Crippen LogP contribution in [0.1, 0.15) is 6.92 Å². The molecule has 0 atom stereocenters. The third-order valence-corrected chi connectivity index (χ3v) is 1.04. The van der Waals surface area contributed by atoms with E-state index in [1.165, 1.54) is 6.33 Å². The number of aromatic nitrogens is 3. The molecular formula is C4H9N5. The van der Waals surface area contributed by atoms with Gasteiger partial charge in [0.25, 0.3) is 0 Å². The van der Waals surface area contributed by atoms with Crippen molar-refractivity contribution < 1.29 is 0 Å². The van der Waals surface area contributed by atoms with E-state index in [4.69, 9.17) is 5.84 Å². The fourth-order valence-corrected chi connectivity index (χ4v) is 0.607. The Morgan fingerprint density at radius 2 is 2.67 bits per heavy atom. The number of hydrogen-bond acceptors (Lipinski definition) is 4. The molecule has 1 aromatic rings. The van der Waals surface area contributed by atoms with Gasteiger partial charge in [0.2, 0.25) is 5.95 Å². The van der Waals surface area contributed by atoms with Gasteiger partial charge >= 0.3 is 0 Å². The molecule has 0 aromatic carbocycles. The van der Waals surface area contributed by atoms with Crippen LogP contribution < -0.4 is 11.3 Å². The topological polar surface area (TPSA) is 68.8 Å². The van der Waals surface area contributed by atoms with Crippen molar-refractivity contribution in [1.29, 1.82) is 0 Å². The van der Waals surface area contributed by atoms with Crippen molar-refractivity contribution in [3.8, 4) is 0 Å². The van der Waals surface area contributed by atoms with Crippen LogP contribution in [0.4, 0.5) is 5.95 Å². The average molecular weight is 127 g/mol. The van der Waals surface area contributed by atoms with Crippen molar-refractivity contribution in [3.05, 3.63) is 6.33 Å². The highest BCUT2D eigenvalue weighted by Gasteiger charge is 1.95. The van der Waals surface area contributed by atoms with Gasteiger partial charge in [-0.15, -0.1) is 0 Å². The van der Waals surface area contributed by atoms with Crippen molar-refractivity contribution in [3.63, 3.8) is 0 Å². The molecule has 0 unspecified atom stereocenters. The largest absolute Gasteiger partial charge is 0.293 e. The molecule has 0 radical (unpaired) electrons. The molecule has 1 aromatic heterocycles. The molecule has 5 heteroatoms. The summed E-state index contributed by atoms with van der Waals surface area (Å²) < 4.78 is 1.67. The SMILES string of the molecule is CCn1ncnc1NN. The molecule has 0 spiro atoms. The van der Waals surface area contributed by atoms with Gasteiger partial charge in [0.15, 0.2) is 0 Å². The zero-order valence-corrected chi connectivity index (χ0v) is 5.20. The molecule has 0 aliphatic heterocycles. The number of nitrogens with zero attached hydrogens (tertiary/aromatic N) is 3. The zero-order valence-electron chi connectivity index (χ0n) is 5.20. The molecule has 0 amide bonds. The van der Waals surface area contributed by atoms with Gasteiger partial charge in [0.1, 0.15) is 6.33 Å². The summed E-state index contributed by atoms with van der Waals surface area (Å²) in [5.41, 5.74) is 2.42. The zero-order chi connectivity index (χ0) is 6.69. The van der Waals surface area contributed by atoms with Crippen molar-refractivity contribution in [2.24, 2.45) is 5.84 Å². The quantitative estimate of drug-likeness (QED) is 0.418. The lowest BCUT2D eigenvalue weighted by Gasteiger charge is -1.98. The highest BCUT2D eigenvalue weighted by atomic mass is 15.4. The fraction of sp³-hybridized carbons (Fsp3) is 0.500. The minimum absolute atomic E-state index is 0.595. The maximum atomic E-state index is 5.10. The van der Waals surface area contributed by atoms with E-state index < -0.39 is 0 Å². The Kier molecular flexibility index (Phi) is 1.64. The predicted molar refractivity (Wildman–Crippen MR) is 33.5 cm³/mol. The first-order valence-electron chi connectivity index (χ1n) is 2.73. The van der Waals surface area contributed by atoms with E-state index in [-0.39, 0.29) is 0 Å². The normalized spacial score (nSPS) is 9.56. The van der Waals surface area contributed by atoms with Crippen molar-refractivity contribution in [2.45, 2.75) is 13.5 Å². The number of anilines is 1. The summed E-state index contributed by atoms with van der Waals surface area (Å²) in [7, 11) is 0. The first-order valence-corrected chi connectivity index (χ1v) is 2.73. The van der Waals surface area contributed by atoms with Crippen LogP contribution in [0.3, 0.4) is 0 Å². The number of hydrogen-bond donors (Lipinski definition) is 2. The van der Waals surface area contributed by atoms with Gasteiger partial charge in [-0.3, -0.25) is 5.43 Å². The molecule has 1 heterocycles. The molecule has 9 heavy (non-hydrogen) atoms. The summed E-state index contributed by atoms with van der Waals surface area (Å²) in [5, 5.41) is 3.87. The maximum Gasteiger partial charge on any atom is 0.235 e. The third kappa shape index (κ3) is 0.996. The van der Waals surface area contributed by atoms with Gasteiger partial charge < -0.3 is 0 Å². The molecule has 50 valence electrons. The molecule has 0 aliphatic rings. The van der Waals surface area contributed by atoms with Crippen LogP contribution >= 0.6 is 0 Å². The van der Waals surface area contributed by atoms with E-state index in [9.17, 15) is 0 Å². The van der Waals surface area contributed by atoms with Crippen LogP contribution in [-0.2, 0) is 6.54 Å². The summed E-state index contributed by atoms with van der Waals surface area (Å²) >= 11 is 0. The Balaban J connectivity index is 2.85. The molecule has 0 saturated heterocycles. The van der Waals surface area contributed by atoms with Gasteiger partial charge in [-0.2, -0.15) is 10.1 Å². The summed E-state index contributed by atoms with van der Waals surface area (Å²) in [6.45, 7) is 2.75. The smallest absolute Gasteiger partial charge is 0.235 e. The number of nitrogens with two attached hydrogens (primary N) is 1. The van der Waals surface area contributed by atoms with E-state index in [2.05, 4.69) is 15.5 Å². The maximum absolute atomic E-state index is 5.10. The summed E-state index contributed by atoms with van der Waals surface area (Å²) in [4.78, 5) is 3.82. The van der Waals surface area contributed by atoms with Gasteiger partial charge in [-0.05, 0) is 6.92 Å². The van der Waals surface area contributed by atoms with Gasteiger partial charge in [0, 0.05) is 6.54 Å². The monoisotopic (exact) mass is 127 g/mol. The third-order valence-electron chi connectivity index (χ3n) is 1.04. The van der Waals surface area contributed by atoms with Crippen LogP contribution in [0.15, 0.2) is 6.33 Å². The van der Waals surface area contributed by atoms with Crippen LogP contribution in [0, 0.1) is 0 Å².